The maximum atomic E-state index is 6.09. The fourth-order valence-electron chi connectivity index (χ4n) is 8.10. The SMILES string of the molecule is c1cc(-c2cccc(-c3cccc(-c4ccc5oc6ccccc6c5c4)c3)c2)cc(-c2cccc(-c3cccc(-c4ccc5oc6ccncc6c5c4)c3)c2)c1. The van der Waals surface area contributed by atoms with E-state index in [1.807, 2.05) is 24.4 Å². The lowest BCUT2D eigenvalue weighted by molar-refractivity contribution is 0.668. The minimum absolute atomic E-state index is 0.856. The van der Waals surface area contributed by atoms with Crippen LogP contribution in [0.4, 0.5) is 0 Å². The molecular formula is C53H33NO2. The van der Waals surface area contributed by atoms with Crippen molar-refractivity contribution in [2.75, 3.05) is 0 Å². The molecule has 0 saturated heterocycles. The average molecular weight is 716 g/mol. The molecule has 0 saturated carbocycles. The van der Waals surface area contributed by atoms with Crippen LogP contribution in [0.5, 0.6) is 0 Å². The lowest BCUT2D eigenvalue weighted by Gasteiger charge is -2.11. The molecule has 0 aliphatic rings. The number of para-hydroxylation sites is 1. The summed E-state index contributed by atoms with van der Waals surface area (Å²) in [6.07, 6.45) is 3.65. The van der Waals surface area contributed by atoms with E-state index in [9.17, 15) is 0 Å². The van der Waals surface area contributed by atoms with Crippen LogP contribution in [0.2, 0.25) is 0 Å². The summed E-state index contributed by atoms with van der Waals surface area (Å²) in [6, 6.07) is 67.2. The predicted octanol–water partition coefficient (Wildman–Crippen LogP) is 14.9. The Hall–Kier alpha value is -7.49. The first-order chi connectivity index (χ1) is 27.7. The van der Waals surface area contributed by atoms with E-state index < -0.39 is 0 Å². The van der Waals surface area contributed by atoms with Gasteiger partial charge >= 0.3 is 0 Å². The van der Waals surface area contributed by atoms with Gasteiger partial charge < -0.3 is 8.83 Å². The summed E-state index contributed by atoms with van der Waals surface area (Å²) in [5, 5.41) is 4.39. The topological polar surface area (TPSA) is 39.2 Å². The van der Waals surface area contributed by atoms with Crippen LogP contribution in [-0.4, -0.2) is 4.98 Å². The van der Waals surface area contributed by atoms with Gasteiger partial charge in [-0.1, -0.05) is 121 Å². The van der Waals surface area contributed by atoms with Gasteiger partial charge in [-0.3, -0.25) is 4.98 Å². The third-order valence-corrected chi connectivity index (χ3v) is 11.0. The standard InChI is InChI=1S/C53H33NO2/c1-2-19-50-46(18-1)47-31-44(20-22-51(47)55-50)42-16-6-14-40(29-42)38-12-4-10-36(27-38)34-8-3-9-35(26-34)37-11-5-13-39(28-37)41-15-7-17-43(30-41)45-21-23-52-48(32-45)49-33-54-25-24-53(49)56-52/h1-33H. The van der Waals surface area contributed by atoms with Crippen LogP contribution in [-0.2, 0) is 0 Å². The molecule has 3 heteroatoms. The van der Waals surface area contributed by atoms with Gasteiger partial charge in [0.05, 0.1) is 0 Å². The lowest BCUT2D eigenvalue weighted by Crippen LogP contribution is -1.86. The van der Waals surface area contributed by atoms with Gasteiger partial charge in [0.25, 0.3) is 0 Å². The number of hydrogen-bond acceptors (Lipinski definition) is 3. The van der Waals surface area contributed by atoms with Crippen LogP contribution in [0.1, 0.15) is 0 Å². The molecule has 11 rings (SSSR count). The van der Waals surface area contributed by atoms with Crippen LogP contribution < -0.4 is 0 Å². The number of fused-ring (bicyclic) bond motifs is 6. The maximum absolute atomic E-state index is 6.09. The van der Waals surface area contributed by atoms with Crippen molar-refractivity contribution >= 4 is 43.9 Å². The Morgan fingerprint density at radius 3 is 1.02 bits per heavy atom. The Bertz CT molecular complexity index is 3060. The molecule has 0 radical (unpaired) electrons. The van der Waals surface area contributed by atoms with E-state index in [1.54, 1.807) is 6.20 Å². The molecule has 0 spiro atoms. The zero-order valence-electron chi connectivity index (χ0n) is 30.3. The molecule has 3 aromatic heterocycles. The lowest BCUT2D eigenvalue weighted by atomic mass is 9.93. The second-order valence-electron chi connectivity index (χ2n) is 14.4. The molecule has 3 nitrogen and oxygen atoms in total. The molecule has 0 aliphatic carbocycles. The van der Waals surface area contributed by atoms with E-state index >= 15 is 0 Å². The zero-order chi connectivity index (χ0) is 37.0. The zero-order valence-corrected chi connectivity index (χ0v) is 30.3. The van der Waals surface area contributed by atoms with Gasteiger partial charge in [0.2, 0.25) is 0 Å². The van der Waals surface area contributed by atoms with Crippen molar-refractivity contribution in [3.8, 4) is 66.8 Å². The van der Waals surface area contributed by atoms with Crippen molar-refractivity contribution in [2.45, 2.75) is 0 Å². The highest BCUT2D eigenvalue weighted by Crippen LogP contribution is 2.37. The highest BCUT2D eigenvalue weighted by atomic mass is 16.3. The molecule has 0 amide bonds. The van der Waals surface area contributed by atoms with Crippen LogP contribution in [0, 0.1) is 0 Å². The molecule has 8 aromatic carbocycles. The van der Waals surface area contributed by atoms with Gasteiger partial charge in [0, 0.05) is 33.9 Å². The number of hydrogen-bond donors (Lipinski definition) is 0. The summed E-state index contributed by atoms with van der Waals surface area (Å²) in [5.41, 5.74) is 17.7. The first-order valence-electron chi connectivity index (χ1n) is 18.9. The van der Waals surface area contributed by atoms with Gasteiger partial charge in [-0.05, 0) is 133 Å². The number of benzene rings is 8. The number of pyridine rings is 1. The summed E-state index contributed by atoms with van der Waals surface area (Å²) in [4.78, 5) is 4.33. The maximum Gasteiger partial charge on any atom is 0.138 e. The smallest absolute Gasteiger partial charge is 0.138 e. The quantitative estimate of drug-likeness (QED) is 0.172. The number of aromatic nitrogens is 1. The van der Waals surface area contributed by atoms with Gasteiger partial charge in [-0.25, -0.2) is 0 Å². The largest absolute Gasteiger partial charge is 0.456 e. The third-order valence-electron chi connectivity index (χ3n) is 11.0. The molecule has 11 aromatic rings. The van der Waals surface area contributed by atoms with Crippen molar-refractivity contribution in [1.82, 2.24) is 4.98 Å². The van der Waals surface area contributed by atoms with Crippen LogP contribution in [0.3, 0.4) is 0 Å². The summed E-state index contributed by atoms with van der Waals surface area (Å²) < 4.78 is 12.1. The predicted molar refractivity (Wildman–Crippen MR) is 231 cm³/mol. The average Bonchev–Trinajstić information content (AvgIpc) is 3.84. The van der Waals surface area contributed by atoms with Crippen molar-refractivity contribution in [1.29, 1.82) is 0 Å². The minimum atomic E-state index is 0.856. The molecular weight excluding hydrogens is 683 g/mol. The number of nitrogens with zero attached hydrogens (tertiary/aromatic N) is 1. The van der Waals surface area contributed by atoms with E-state index in [0.29, 0.717) is 0 Å². The molecule has 0 fully saturated rings. The van der Waals surface area contributed by atoms with Gasteiger partial charge in [0.1, 0.15) is 22.3 Å². The second-order valence-corrected chi connectivity index (χ2v) is 14.4. The fourth-order valence-corrected chi connectivity index (χ4v) is 8.10. The molecule has 56 heavy (non-hydrogen) atoms. The number of furan rings is 2. The normalized spacial score (nSPS) is 11.6. The molecule has 3 heterocycles. The Balaban J connectivity index is 0.886. The van der Waals surface area contributed by atoms with Gasteiger partial charge in [0.15, 0.2) is 0 Å². The van der Waals surface area contributed by atoms with Crippen LogP contribution in [0.25, 0.3) is 111 Å². The van der Waals surface area contributed by atoms with Crippen LogP contribution in [0.15, 0.2) is 209 Å². The fraction of sp³-hybridized carbons (Fsp3) is 0. The van der Waals surface area contributed by atoms with Crippen molar-refractivity contribution < 1.29 is 8.83 Å². The Kier molecular flexibility index (Phi) is 7.49. The highest BCUT2D eigenvalue weighted by Gasteiger charge is 2.12. The minimum Gasteiger partial charge on any atom is -0.456 e. The highest BCUT2D eigenvalue weighted by molar-refractivity contribution is 6.07. The van der Waals surface area contributed by atoms with Gasteiger partial charge in [-0.15, -0.1) is 0 Å². The summed E-state index contributed by atoms with van der Waals surface area (Å²) in [7, 11) is 0. The van der Waals surface area contributed by atoms with Crippen molar-refractivity contribution in [3.05, 3.63) is 200 Å². The Labute approximate surface area is 323 Å². The van der Waals surface area contributed by atoms with Crippen molar-refractivity contribution in [2.24, 2.45) is 0 Å². The van der Waals surface area contributed by atoms with E-state index in [0.717, 1.165) is 55.0 Å². The first kappa shape index (κ1) is 32.0. The second kappa shape index (κ2) is 13.1. The van der Waals surface area contributed by atoms with Crippen molar-refractivity contribution in [3.63, 3.8) is 0 Å². The van der Waals surface area contributed by atoms with E-state index in [2.05, 4.69) is 175 Å². The molecule has 0 aliphatic heterocycles. The van der Waals surface area contributed by atoms with E-state index in [4.69, 9.17) is 8.83 Å². The monoisotopic (exact) mass is 715 g/mol. The summed E-state index contributed by atoms with van der Waals surface area (Å²) >= 11 is 0. The Morgan fingerprint density at radius 1 is 0.250 bits per heavy atom. The van der Waals surface area contributed by atoms with Gasteiger partial charge in [-0.2, -0.15) is 0 Å². The van der Waals surface area contributed by atoms with E-state index in [-0.39, 0.29) is 0 Å². The number of rotatable bonds is 6. The third kappa shape index (κ3) is 5.66. The molecule has 0 unspecified atom stereocenters. The Morgan fingerprint density at radius 2 is 0.589 bits per heavy atom. The summed E-state index contributed by atoms with van der Waals surface area (Å²) in [6.45, 7) is 0. The van der Waals surface area contributed by atoms with E-state index in [1.165, 1.54) is 55.6 Å². The van der Waals surface area contributed by atoms with Crippen LogP contribution >= 0.6 is 0 Å². The first-order valence-corrected chi connectivity index (χ1v) is 18.9. The summed E-state index contributed by atoms with van der Waals surface area (Å²) in [5.74, 6) is 0. The molecule has 0 atom stereocenters. The molecule has 262 valence electrons. The molecule has 0 N–H and O–H groups in total. The molecule has 0 bridgehead atoms.